The third-order valence-electron chi connectivity index (χ3n) is 4.53. The van der Waals surface area contributed by atoms with Gasteiger partial charge in [-0.15, -0.1) is 0 Å². The van der Waals surface area contributed by atoms with Gasteiger partial charge in [-0.2, -0.15) is 0 Å². The average Bonchev–Trinajstić information content (AvgIpc) is 2.74. The van der Waals surface area contributed by atoms with Gasteiger partial charge in [0.25, 0.3) is 0 Å². The smallest absolute Gasteiger partial charge is 0.156 e. The van der Waals surface area contributed by atoms with Gasteiger partial charge in [-0.05, 0) is 25.7 Å². The fourth-order valence-electron chi connectivity index (χ4n) is 3.41. The largest absolute Gasteiger partial charge is 0.228 e. The zero-order valence-corrected chi connectivity index (χ0v) is 11.7. The van der Waals surface area contributed by atoms with E-state index in [0.717, 1.165) is 51.4 Å². The van der Waals surface area contributed by atoms with Gasteiger partial charge in [-0.25, -0.2) is 8.42 Å². The molecule has 3 heteroatoms. The predicted octanol–water partition coefficient (Wildman–Crippen LogP) is 3.85. The number of rotatable bonds is 2. The molecule has 0 aromatic heterocycles. The number of hydrogen-bond acceptors (Lipinski definition) is 2. The normalized spacial score (nSPS) is 26.4. The van der Waals surface area contributed by atoms with Crippen LogP contribution in [0, 0.1) is 0 Å². The summed E-state index contributed by atoms with van der Waals surface area (Å²) in [5, 5.41) is -0.0128. The monoisotopic (exact) mass is 258 g/mol. The van der Waals surface area contributed by atoms with E-state index < -0.39 is 9.84 Å². The van der Waals surface area contributed by atoms with Crippen LogP contribution in [0.2, 0.25) is 0 Å². The summed E-state index contributed by atoms with van der Waals surface area (Å²) in [7, 11) is -2.83. The molecular formula is C14H26O2S. The van der Waals surface area contributed by atoms with Gasteiger partial charge in [-0.3, -0.25) is 0 Å². The second-order valence-corrected chi connectivity index (χ2v) is 8.33. The van der Waals surface area contributed by atoms with Crippen LogP contribution in [0.25, 0.3) is 0 Å². The standard InChI is InChI=1S/C14H26O2S/c15-17(16,13-9-5-1-2-6-10-13)14-11-7-3-4-8-12-14/h13-14H,1-12H2. The number of sulfone groups is 1. The minimum Gasteiger partial charge on any atom is -0.228 e. The van der Waals surface area contributed by atoms with Crippen LogP contribution in [0.3, 0.4) is 0 Å². The molecule has 0 aliphatic heterocycles. The van der Waals surface area contributed by atoms with E-state index in [1.807, 2.05) is 0 Å². The summed E-state index contributed by atoms with van der Waals surface area (Å²) in [4.78, 5) is 0. The Morgan fingerprint density at radius 3 is 1.12 bits per heavy atom. The van der Waals surface area contributed by atoms with E-state index in [0.29, 0.717) is 0 Å². The maximum absolute atomic E-state index is 12.6. The lowest BCUT2D eigenvalue weighted by Gasteiger charge is -2.22. The fraction of sp³-hybridized carbons (Fsp3) is 1.00. The zero-order valence-electron chi connectivity index (χ0n) is 10.9. The van der Waals surface area contributed by atoms with Gasteiger partial charge < -0.3 is 0 Å². The highest BCUT2D eigenvalue weighted by Crippen LogP contribution is 2.31. The van der Waals surface area contributed by atoms with Crippen LogP contribution in [0.1, 0.15) is 77.0 Å². The van der Waals surface area contributed by atoms with Crippen LogP contribution < -0.4 is 0 Å². The lowest BCUT2D eigenvalue weighted by molar-refractivity contribution is 0.534. The van der Waals surface area contributed by atoms with Crippen LogP contribution in [0.5, 0.6) is 0 Å². The first kappa shape index (κ1) is 13.4. The van der Waals surface area contributed by atoms with Crippen LogP contribution in [0.15, 0.2) is 0 Å². The Labute approximate surface area is 106 Å². The van der Waals surface area contributed by atoms with E-state index in [1.54, 1.807) is 0 Å². The molecule has 0 aromatic rings. The van der Waals surface area contributed by atoms with Crippen molar-refractivity contribution in [2.75, 3.05) is 0 Å². The summed E-state index contributed by atoms with van der Waals surface area (Å²) in [6.45, 7) is 0. The Morgan fingerprint density at radius 1 is 0.529 bits per heavy atom. The van der Waals surface area contributed by atoms with Gasteiger partial charge >= 0.3 is 0 Å². The molecule has 100 valence electrons. The Bertz CT molecular complexity index is 279. The highest BCUT2D eigenvalue weighted by atomic mass is 32.2. The molecule has 0 N–H and O–H groups in total. The van der Waals surface area contributed by atoms with Crippen LogP contribution in [-0.4, -0.2) is 18.9 Å². The van der Waals surface area contributed by atoms with E-state index in [2.05, 4.69) is 0 Å². The van der Waals surface area contributed by atoms with Gasteiger partial charge in [0.05, 0.1) is 10.5 Å². The molecule has 0 radical (unpaired) electrons. The van der Waals surface area contributed by atoms with Crippen molar-refractivity contribution in [3.05, 3.63) is 0 Å². The summed E-state index contributed by atoms with van der Waals surface area (Å²) < 4.78 is 25.3. The van der Waals surface area contributed by atoms with E-state index >= 15 is 0 Å². The van der Waals surface area contributed by atoms with E-state index in [4.69, 9.17) is 0 Å². The van der Waals surface area contributed by atoms with Crippen LogP contribution in [-0.2, 0) is 9.84 Å². The first-order valence-corrected chi connectivity index (χ1v) is 9.05. The Balaban J connectivity index is 2.04. The van der Waals surface area contributed by atoms with Crippen molar-refractivity contribution in [3.63, 3.8) is 0 Å². The summed E-state index contributed by atoms with van der Waals surface area (Å²) in [5.41, 5.74) is 0. The molecule has 0 saturated heterocycles. The molecule has 0 spiro atoms. The average molecular weight is 258 g/mol. The maximum atomic E-state index is 12.6. The third-order valence-corrected chi connectivity index (χ3v) is 7.33. The lowest BCUT2D eigenvalue weighted by Crippen LogP contribution is -2.31. The Morgan fingerprint density at radius 2 is 0.824 bits per heavy atom. The Kier molecular flexibility index (Phi) is 4.89. The van der Waals surface area contributed by atoms with Crippen molar-refractivity contribution in [2.24, 2.45) is 0 Å². The number of hydrogen-bond donors (Lipinski definition) is 0. The maximum Gasteiger partial charge on any atom is 0.156 e. The van der Waals surface area contributed by atoms with E-state index in [9.17, 15) is 8.42 Å². The molecule has 0 atom stereocenters. The first-order chi connectivity index (χ1) is 8.21. The highest BCUT2D eigenvalue weighted by Gasteiger charge is 2.33. The molecule has 2 fully saturated rings. The molecule has 2 aliphatic rings. The summed E-state index contributed by atoms with van der Waals surface area (Å²) in [5.74, 6) is 0. The Hall–Kier alpha value is -0.0500. The highest BCUT2D eigenvalue weighted by molar-refractivity contribution is 7.92. The van der Waals surface area contributed by atoms with Gasteiger partial charge in [0.15, 0.2) is 9.84 Å². The third kappa shape index (κ3) is 3.46. The van der Waals surface area contributed by atoms with E-state index in [1.165, 1.54) is 25.7 Å². The molecule has 17 heavy (non-hydrogen) atoms. The van der Waals surface area contributed by atoms with Crippen molar-refractivity contribution < 1.29 is 8.42 Å². The minimum atomic E-state index is -2.83. The second-order valence-electron chi connectivity index (χ2n) is 5.82. The van der Waals surface area contributed by atoms with E-state index in [-0.39, 0.29) is 10.5 Å². The minimum absolute atomic E-state index is 0.00639. The van der Waals surface area contributed by atoms with Crippen molar-refractivity contribution in [3.8, 4) is 0 Å². The van der Waals surface area contributed by atoms with Crippen LogP contribution >= 0.6 is 0 Å². The van der Waals surface area contributed by atoms with Gasteiger partial charge in [-0.1, -0.05) is 51.4 Å². The first-order valence-electron chi connectivity index (χ1n) is 7.44. The topological polar surface area (TPSA) is 34.1 Å². The van der Waals surface area contributed by atoms with Gasteiger partial charge in [0.1, 0.15) is 0 Å². The van der Waals surface area contributed by atoms with Gasteiger partial charge in [0, 0.05) is 0 Å². The molecule has 2 rings (SSSR count). The summed E-state index contributed by atoms with van der Waals surface area (Å²) in [6.07, 6.45) is 13.1. The molecule has 0 amide bonds. The van der Waals surface area contributed by atoms with Crippen molar-refractivity contribution in [1.82, 2.24) is 0 Å². The quantitative estimate of drug-likeness (QED) is 0.705. The molecule has 0 unspecified atom stereocenters. The summed E-state index contributed by atoms with van der Waals surface area (Å²) >= 11 is 0. The summed E-state index contributed by atoms with van der Waals surface area (Å²) in [6, 6.07) is 0. The second kappa shape index (κ2) is 6.21. The predicted molar refractivity (Wildman–Crippen MR) is 71.9 cm³/mol. The SMILES string of the molecule is O=S(=O)(C1CCCCCC1)C1CCCCCC1. The van der Waals surface area contributed by atoms with Gasteiger partial charge in [0.2, 0.25) is 0 Å². The molecule has 0 bridgehead atoms. The fourth-order valence-corrected chi connectivity index (χ4v) is 5.94. The van der Waals surface area contributed by atoms with Crippen molar-refractivity contribution in [2.45, 2.75) is 87.5 Å². The lowest BCUT2D eigenvalue weighted by atomic mass is 10.2. The van der Waals surface area contributed by atoms with Crippen molar-refractivity contribution >= 4 is 9.84 Å². The van der Waals surface area contributed by atoms with Crippen LogP contribution in [0.4, 0.5) is 0 Å². The molecular weight excluding hydrogens is 232 g/mol. The van der Waals surface area contributed by atoms with Crippen molar-refractivity contribution in [1.29, 1.82) is 0 Å². The molecule has 2 aliphatic carbocycles. The molecule has 0 aromatic carbocycles. The zero-order chi connectivity index (χ0) is 12.1. The molecule has 0 heterocycles. The molecule has 2 nitrogen and oxygen atoms in total. The molecule has 2 saturated carbocycles.